The SMILES string of the molecule is C/C(=C\c1ccccc1-c1cccc(NS(C)(=O)=O)c1)C(=O)N=C(N)N. The van der Waals surface area contributed by atoms with E-state index >= 15 is 0 Å². The van der Waals surface area contributed by atoms with Crippen molar-refractivity contribution < 1.29 is 13.2 Å². The summed E-state index contributed by atoms with van der Waals surface area (Å²) in [4.78, 5) is 15.4. The van der Waals surface area contributed by atoms with Crippen LogP contribution < -0.4 is 16.2 Å². The van der Waals surface area contributed by atoms with E-state index in [0.717, 1.165) is 22.9 Å². The van der Waals surface area contributed by atoms with Crippen LogP contribution >= 0.6 is 0 Å². The highest BCUT2D eigenvalue weighted by atomic mass is 32.2. The molecule has 0 aromatic heterocycles. The lowest BCUT2D eigenvalue weighted by Gasteiger charge is -2.10. The Morgan fingerprint density at radius 2 is 1.81 bits per heavy atom. The minimum Gasteiger partial charge on any atom is -0.370 e. The number of guanidine groups is 1. The summed E-state index contributed by atoms with van der Waals surface area (Å²) in [5.74, 6) is -0.817. The fraction of sp³-hybridized carbons (Fsp3) is 0.111. The fourth-order valence-electron chi connectivity index (χ4n) is 2.35. The van der Waals surface area contributed by atoms with Gasteiger partial charge in [0.25, 0.3) is 5.91 Å². The van der Waals surface area contributed by atoms with E-state index in [9.17, 15) is 13.2 Å². The van der Waals surface area contributed by atoms with Gasteiger partial charge in [0.2, 0.25) is 10.0 Å². The van der Waals surface area contributed by atoms with Crippen LogP contribution in [0.2, 0.25) is 0 Å². The van der Waals surface area contributed by atoms with E-state index in [0.29, 0.717) is 11.3 Å². The van der Waals surface area contributed by atoms with Gasteiger partial charge < -0.3 is 11.5 Å². The summed E-state index contributed by atoms with van der Waals surface area (Å²) in [6.07, 6.45) is 2.77. The van der Waals surface area contributed by atoms with E-state index < -0.39 is 15.9 Å². The van der Waals surface area contributed by atoms with E-state index in [-0.39, 0.29) is 5.96 Å². The standard InChI is InChI=1S/C18H20N4O3S/c1-12(17(23)21-18(19)20)10-13-6-3-4-9-16(13)14-7-5-8-15(11-14)22-26(2,24)25/h3-11,22H,1-2H3,(H4,19,20,21,23)/b12-10+. The zero-order chi connectivity index (χ0) is 19.3. The van der Waals surface area contributed by atoms with Gasteiger partial charge in [-0.15, -0.1) is 0 Å². The molecule has 7 nitrogen and oxygen atoms in total. The number of hydrogen-bond donors (Lipinski definition) is 3. The Balaban J connectivity index is 2.46. The highest BCUT2D eigenvalue weighted by molar-refractivity contribution is 7.92. The van der Waals surface area contributed by atoms with Crippen molar-refractivity contribution in [1.82, 2.24) is 0 Å². The lowest BCUT2D eigenvalue weighted by Crippen LogP contribution is -2.24. The fourth-order valence-corrected chi connectivity index (χ4v) is 2.91. The van der Waals surface area contributed by atoms with Crippen LogP contribution in [0.25, 0.3) is 17.2 Å². The zero-order valence-electron chi connectivity index (χ0n) is 14.4. The molecule has 0 saturated carbocycles. The van der Waals surface area contributed by atoms with Gasteiger partial charge in [-0.2, -0.15) is 4.99 Å². The second-order valence-electron chi connectivity index (χ2n) is 5.71. The van der Waals surface area contributed by atoms with Crippen molar-refractivity contribution in [3.8, 4) is 11.1 Å². The molecule has 0 radical (unpaired) electrons. The lowest BCUT2D eigenvalue weighted by molar-refractivity contribution is -0.114. The molecule has 0 bridgehead atoms. The predicted molar refractivity (Wildman–Crippen MR) is 105 cm³/mol. The molecule has 1 amide bonds. The quantitative estimate of drug-likeness (QED) is 0.420. The average Bonchev–Trinajstić information content (AvgIpc) is 2.53. The van der Waals surface area contributed by atoms with E-state index in [4.69, 9.17) is 11.5 Å². The van der Waals surface area contributed by atoms with Crippen LogP contribution in [-0.2, 0) is 14.8 Å². The summed E-state index contributed by atoms with van der Waals surface area (Å²) in [6, 6.07) is 14.4. The molecule has 0 fully saturated rings. The first-order chi connectivity index (χ1) is 12.2. The Morgan fingerprint density at radius 1 is 1.12 bits per heavy atom. The molecule has 0 spiro atoms. The maximum atomic E-state index is 11.9. The number of rotatable bonds is 5. The summed E-state index contributed by atoms with van der Waals surface area (Å²) < 4.78 is 25.3. The summed E-state index contributed by atoms with van der Waals surface area (Å²) in [5, 5.41) is 0. The largest absolute Gasteiger partial charge is 0.370 e. The van der Waals surface area contributed by atoms with E-state index in [2.05, 4.69) is 9.71 Å². The van der Waals surface area contributed by atoms with Gasteiger partial charge in [0.1, 0.15) is 0 Å². The first kappa shape index (κ1) is 19.2. The highest BCUT2D eigenvalue weighted by Crippen LogP contribution is 2.28. The minimum atomic E-state index is -3.37. The van der Waals surface area contributed by atoms with Crippen LogP contribution in [0.1, 0.15) is 12.5 Å². The van der Waals surface area contributed by atoms with Gasteiger partial charge in [-0.1, -0.05) is 36.4 Å². The minimum absolute atomic E-state index is 0.296. The summed E-state index contributed by atoms with van der Waals surface area (Å²) in [6.45, 7) is 1.62. The smallest absolute Gasteiger partial charge is 0.275 e. The third kappa shape index (κ3) is 5.45. The number of nitrogens with two attached hydrogens (primary N) is 2. The number of sulfonamides is 1. The molecule has 2 aromatic carbocycles. The van der Waals surface area contributed by atoms with Gasteiger partial charge in [0.05, 0.1) is 6.26 Å². The molecule has 0 atom stereocenters. The van der Waals surface area contributed by atoms with E-state index in [1.54, 1.807) is 31.2 Å². The first-order valence-corrected chi connectivity index (χ1v) is 9.54. The molecule has 0 aliphatic carbocycles. The summed E-state index contributed by atoms with van der Waals surface area (Å²) >= 11 is 0. The lowest BCUT2D eigenvalue weighted by atomic mass is 9.98. The van der Waals surface area contributed by atoms with Gasteiger partial charge in [-0.25, -0.2) is 8.42 Å². The summed E-state index contributed by atoms with van der Waals surface area (Å²) in [7, 11) is -3.37. The zero-order valence-corrected chi connectivity index (χ0v) is 15.2. The first-order valence-electron chi connectivity index (χ1n) is 7.65. The molecular weight excluding hydrogens is 352 g/mol. The number of carbonyl (C=O) groups is 1. The molecule has 0 aliphatic heterocycles. The van der Waals surface area contributed by atoms with Crippen LogP contribution in [0.5, 0.6) is 0 Å². The third-order valence-corrected chi connectivity index (χ3v) is 3.98. The van der Waals surface area contributed by atoms with E-state index in [1.807, 2.05) is 30.3 Å². The Morgan fingerprint density at radius 3 is 2.46 bits per heavy atom. The Labute approximate surface area is 152 Å². The topological polar surface area (TPSA) is 128 Å². The van der Waals surface area contributed by atoms with Crippen molar-refractivity contribution in [2.75, 3.05) is 11.0 Å². The molecule has 136 valence electrons. The number of aliphatic imine (C=N–C) groups is 1. The van der Waals surface area contributed by atoms with Crippen molar-refractivity contribution in [3.05, 3.63) is 59.7 Å². The highest BCUT2D eigenvalue weighted by Gasteiger charge is 2.09. The number of nitrogens with one attached hydrogen (secondary N) is 1. The molecule has 8 heteroatoms. The maximum absolute atomic E-state index is 11.9. The second kappa shape index (κ2) is 7.83. The number of carbonyl (C=O) groups excluding carboxylic acids is 1. The molecule has 26 heavy (non-hydrogen) atoms. The Bertz CT molecular complexity index is 991. The molecule has 0 saturated heterocycles. The number of hydrogen-bond acceptors (Lipinski definition) is 3. The van der Waals surface area contributed by atoms with Gasteiger partial charge >= 0.3 is 0 Å². The molecule has 2 aromatic rings. The normalized spacial score (nSPS) is 11.7. The predicted octanol–water partition coefficient (Wildman–Crippen LogP) is 1.93. The van der Waals surface area contributed by atoms with Crippen molar-refractivity contribution >= 4 is 33.7 Å². The van der Waals surface area contributed by atoms with Crippen LogP contribution in [0.3, 0.4) is 0 Å². The molecule has 5 N–H and O–H groups in total. The molecule has 0 aliphatic rings. The second-order valence-corrected chi connectivity index (χ2v) is 7.46. The maximum Gasteiger partial charge on any atom is 0.275 e. The van der Waals surface area contributed by atoms with Gasteiger partial charge in [-0.3, -0.25) is 9.52 Å². The van der Waals surface area contributed by atoms with Crippen LogP contribution in [0.4, 0.5) is 5.69 Å². The molecule has 0 unspecified atom stereocenters. The van der Waals surface area contributed by atoms with Gasteiger partial charge in [-0.05, 0) is 41.8 Å². The monoisotopic (exact) mass is 372 g/mol. The molecule has 2 rings (SSSR count). The van der Waals surface area contributed by atoms with E-state index in [1.165, 1.54) is 0 Å². The molecule has 0 heterocycles. The third-order valence-electron chi connectivity index (χ3n) is 3.38. The Kier molecular flexibility index (Phi) is 5.78. The van der Waals surface area contributed by atoms with Gasteiger partial charge in [0, 0.05) is 11.3 Å². The average molecular weight is 372 g/mol. The van der Waals surface area contributed by atoms with Gasteiger partial charge in [0.15, 0.2) is 5.96 Å². The van der Waals surface area contributed by atoms with Crippen molar-refractivity contribution in [3.63, 3.8) is 0 Å². The van der Waals surface area contributed by atoms with Crippen molar-refractivity contribution in [2.24, 2.45) is 16.5 Å². The van der Waals surface area contributed by atoms with Crippen molar-refractivity contribution in [1.29, 1.82) is 0 Å². The number of benzene rings is 2. The van der Waals surface area contributed by atoms with Crippen LogP contribution in [0.15, 0.2) is 59.1 Å². The van der Waals surface area contributed by atoms with Crippen molar-refractivity contribution in [2.45, 2.75) is 6.92 Å². The Hall–Kier alpha value is -3.13. The number of amides is 1. The molecular formula is C18H20N4O3S. The number of anilines is 1. The summed E-state index contributed by atoms with van der Waals surface area (Å²) in [5.41, 5.74) is 13.7. The number of nitrogens with zero attached hydrogens (tertiary/aromatic N) is 1. The van der Waals surface area contributed by atoms with Crippen LogP contribution in [0, 0.1) is 0 Å². The van der Waals surface area contributed by atoms with Crippen LogP contribution in [-0.4, -0.2) is 26.5 Å².